The normalized spacial score (nSPS) is 14.8. The minimum Gasteiger partial charge on any atom is -0.354 e. The van der Waals surface area contributed by atoms with Crippen molar-refractivity contribution in [3.05, 3.63) is 53.4 Å². The molecule has 7 nitrogen and oxygen atoms in total. The molecule has 0 atom stereocenters. The summed E-state index contributed by atoms with van der Waals surface area (Å²) in [5.74, 6) is -0.162. The number of aromatic nitrogens is 3. The highest BCUT2D eigenvalue weighted by Crippen LogP contribution is 2.27. The molecule has 0 unspecified atom stereocenters. The molecular weight excluding hydrogens is 417 g/mol. The Morgan fingerprint density at radius 3 is 2.61 bits per heavy atom. The monoisotopic (exact) mass is 441 g/mol. The van der Waals surface area contributed by atoms with Gasteiger partial charge in [-0.1, -0.05) is 12.1 Å². The maximum Gasteiger partial charge on any atom is 0.293 e. The number of benzene rings is 1. The molecule has 31 heavy (non-hydrogen) atoms. The van der Waals surface area contributed by atoms with Gasteiger partial charge >= 0.3 is 0 Å². The van der Waals surface area contributed by atoms with Crippen LogP contribution in [0.5, 0.6) is 0 Å². The van der Waals surface area contributed by atoms with Crippen LogP contribution in [0, 0.1) is 11.7 Å². The van der Waals surface area contributed by atoms with Crippen molar-refractivity contribution in [2.45, 2.75) is 32.7 Å². The highest BCUT2D eigenvalue weighted by atomic mass is 32.1. The molecule has 1 aliphatic heterocycles. The quantitative estimate of drug-likeness (QED) is 0.657. The van der Waals surface area contributed by atoms with Crippen molar-refractivity contribution >= 4 is 23.2 Å². The number of halogens is 1. The fourth-order valence-electron chi connectivity index (χ4n) is 3.64. The van der Waals surface area contributed by atoms with Gasteiger partial charge < -0.3 is 10.2 Å². The standard InChI is InChI=1S/C22H24FN5O2S/c1-14(2)24-21(29)15-8-10-27(11-9-15)22(30)19-25-20(18-7-4-12-31-18)28(26-19)17-6-3-5-16(23)13-17/h3-7,12-15H,8-11H2,1-2H3,(H,24,29). The molecule has 1 saturated heterocycles. The van der Waals surface area contributed by atoms with Crippen molar-refractivity contribution < 1.29 is 14.0 Å². The van der Waals surface area contributed by atoms with Crippen LogP contribution in [0.2, 0.25) is 0 Å². The van der Waals surface area contributed by atoms with Crippen LogP contribution in [-0.2, 0) is 4.79 Å². The van der Waals surface area contributed by atoms with Crippen molar-refractivity contribution in [3.63, 3.8) is 0 Å². The van der Waals surface area contributed by atoms with E-state index in [-0.39, 0.29) is 35.4 Å². The van der Waals surface area contributed by atoms with Gasteiger partial charge in [0, 0.05) is 25.0 Å². The molecule has 0 spiro atoms. The Morgan fingerprint density at radius 2 is 1.97 bits per heavy atom. The Balaban J connectivity index is 1.56. The number of hydrogen-bond acceptors (Lipinski definition) is 5. The number of rotatable bonds is 5. The summed E-state index contributed by atoms with van der Waals surface area (Å²) in [6.07, 6.45) is 1.21. The molecule has 1 aliphatic rings. The molecule has 162 valence electrons. The molecule has 2 amide bonds. The third-order valence-electron chi connectivity index (χ3n) is 5.18. The number of hydrogen-bond donors (Lipinski definition) is 1. The van der Waals surface area contributed by atoms with Crippen LogP contribution < -0.4 is 5.32 Å². The van der Waals surface area contributed by atoms with Crippen molar-refractivity contribution in [2.24, 2.45) is 5.92 Å². The van der Waals surface area contributed by atoms with Gasteiger partial charge in [-0.05, 0) is 56.3 Å². The van der Waals surface area contributed by atoms with Crippen LogP contribution in [0.1, 0.15) is 37.3 Å². The highest BCUT2D eigenvalue weighted by molar-refractivity contribution is 7.13. The minimum absolute atomic E-state index is 0.0376. The van der Waals surface area contributed by atoms with Crippen molar-refractivity contribution in [3.8, 4) is 16.4 Å². The van der Waals surface area contributed by atoms with E-state index in [1.54, 1.807) is 17.0 Å². The lowest BCUT2D eigenvalue weighted by Gasteiger charge is -2.31. The first kappa shape index (κ1) is 21.2. The van der Waals surface area contributed by atoms with Crippen LogP contribution in [0.25, 0.3) is 16.4 Å². The lowest BCUT2D eigenvalue weighted by atomic mass is 9.95. The molecule has 1 aromatic carbocycles. The predicted octanol–water partition coefficient (Wildman–Crippen LogP) is 3.51. The van der Waals surface area contributed by atoms with Gasteiger partial charge in [-0.2, -0.15) is 0 Å². The minimum atomic E-state index is -0.389. The third kappa shape index (κ3) is 4.66. The van der Waals surface area contributed by atoms with Gasteiger partial charge in [0.1, 0.15) is 5.82 Å². The number of carbonyl (C=O) groups excluding carboxylic acids is 2. The van der Waals surface area contributed by atoms with Crippen LogP contribution in [0.4, 0.5) is 4.39 Å². The summed E-state index contributed by atoms with van der Waals surface area (Å²) in [4.78, 5) is 32.4. The van der Waals surface area contributed by atoms with Crippen LogP contribution in [0.15, 0.2) is 41.8 Å². The summed E-state index contributed by atoms with van der Waals surface area (Å²) in [5.41, 5.74) is 0.499. The molecule has 4 rings (SSSR count). The zero-order valence-corrected chi connectivity index (χ0v) is 18.2. The van der Waals surface area contributed by atoms with Crippen LogP contribution in [0.3, 0.4) is 0 Å². The summed E-state index contributed by atoms with van der Waals surface area (Å²) < 4.78 is 15.3. The van der Waals surface area contributed by atoms with Crippen LogP contribution in [-0.4, -0.2) is 50.6 Å². The average Bonchev–Trinajstić information content (AvgIpc) is 3.43. The summed E-state index contributed by atoms with van der Waals surface area (Å²) in [6.45, 7) is 4.81. The lowest BCUT2D eigenvalue weighted by molar-refractivity contribution is -0.126. The summed E-state index contributed by atoms with van der Waals surface area (Å²) in [7, 11) is 0. The Kier molecular flexibility index (Phi) is 6.13. The Hall–Kier alpha value is -3.07. The van der Waals surface area contributed by atoms with Gasteiger partial charge in [0.15, 0.2) is 5.82 Å². The lowest BCUT2D eigenvalue weighted by Crippen LogP contribution is -2.44. The second-order valence-corrected chi connectivity index (χ2v) is 8.81. The Bertz CT molecular complexity index is 1070. The molecule has 3 heterocycles. The van der Waals surface area contributed by atoms with E-state index >= 15 is 0 Å². The molecule has 2 aromatic heterocycles. The van der Waals surface area contributed by atoms with Gasteiger partial charge in [0.25, 0.3) is 5.91 Å². The van der Waals surface area contributed by atoms with E-state index in [2.05, 4.69) is 15.4 Å². The number of thiophene rings is 1. The highest BCUT2D eigenvalue weighted by Gasteiger charge is 2.30. The number of piperidine rings is 1. The van der Waals surface area contributed by atoms with E-state index < -0.39 is 0 Å². The van der Waals surface area contributed by atoms with Crippen molar-refractivity contribution in [1.82, 2.24) is 25.0 Å². The van der Waals surface area contributed by atoms with E-state index in [4.69, 9.17) is 0 Å². The number of nitrogens with zero attached hydrogens (tertiary/aromatic N) is 4. The molecule has 0 bridgehead atoms. The zero-order valence-electron chi connectivity index (χ0n) is 17.4. The summed E-state index contributed by atoms with van der Waals surface area (Å²) in [5, 5.41) is 9.27. The van der Waals surface area contributed by atoms with E-state index in [0.717, 1.165) is 4.88 Å². The molecule has 9 heteroatoms. The fourth-order valence-corrected chi connectivity index (χ4v) is 4.34. The first-order chi connectivity index (χ1) is 14.9. The van der Waals surface area contributed by atoms with Crippen molar-refractivity contribution in [2.75, 3.05) is 13.1 Å². The summed E-state index contributed by atoms with van der Waals surface area (Å²) in [6, 6.07) is 9.91. The van der Waals surface area contributed by atoms with E-state index in [1.165, 1.54) is 28.2 Å². The molecule has 0 saturated carbocycles. The smallest absolute Gasteiger partial charge is 0.293 e. The van der Waals surface area contributed by atoms with E-state index in [9.17, 15) is 14.0 Å². The molecule has 1 fully saturated rings. The average molecular weight is 442 g/mol. The van der Waals surface area contributed by atoms with Gasteiger partial charge in [0.05, 0.1) is 10.6 Å². The Labute approximate surface area is 183 Å². The fraction of sp³-hybridized carbons (Fsp3) is 0.364. The molecular formula is C22H24FN5O2S. The number of amides is 2. The Morgan fingerprint density at radius 1 is 1.19 bits per heavy atom. The zero-order chi connectivity index (χ0) is 22.0. The predicted molar refractivity (Wildman–Crippen MR) is 117 cm³/mol. The maximum absolute atomic E-state index is 13.8. The second-order valence-electron chi connectivity index (χ2n) is 7.86. The van der Waals surface area contributed by atoms with Gasteiger partial charge in [-0.15, -0.1) is 16.4 Å². The first-order valence-corrected chi connectivity index (χ1v) is 11.2. The molecule has 3 aromatic rings. The van der Waals surface area contributed by atoms with Gasteiger partial charge in [0.2, 0.25) is 11.7 Å². The van der Waals surface area contributed by atoms with Crippen molar-refractivity contribution in [1.29, 1.82) is 0 Å². The molecule has 0 aliphatic carbocycles. The van der Waals surface area contributed by atoms with E-state index in [1.807, 2.05) is 31.4 Å². The third-order valence-corrected chi connectivity index (χ3v) is 6.04. The SMILES string of the molecule is CC(C)NC(=O)C1CCN(C(=O)c2nc(-c3cccs3)n(-c3cccc(F)c3)n2)CC1. The first-order valence-electron chi connectivity index (χ1n) is 10.3. The second kappa shape index (κ2) is 8.97. The number of nitrogens with one attached hydrogen (secondary N) is 1. The number of likely N-dealkylation sites (tertiary alicyclic amines) is 1. The molecule has 0 radical (unpaired) electrons. The maximum atomic E-state index is 13.8. The van der Waals surface area contributed by atoms with E-state index in [0.29, 0.717) is 37.4 Å². The number of carbonyl (C=O) groups is 2. The largest absolute Gasteiger partial charge is 0.354 e. The topological polar surface area (TPSA) is 80.1 Å². The van der Waals surface area contributed by atoms with Gasteiger partial charge in [-0.3, -0.25) is 9.59 Å². The molecule has 1 N–H and O–H groups in total. The summed E-state index contributed by atoms with van der Waals surface area (Å²) >= 11 is 1.47. The van der Waals surface area contributed by atoms with Crippen LogP contribution >= 0.6 is 11.3 Å². The van der Waals surface area contributed by atoms with Gasteiger partial charge in [-0.25, -0.2) is 14.1 Å².